The summed E-state index contributed by atoms with van der Waals surface area (Å²) in [5.74, 6) is -0.915. The highest BCUT2D eigenvalue weighted by Crippen LogP contribution is 2.38. The van der Waals surface area contributed by atoms with Gasteiger partial charge in [-0.2, -0.15) is 0 Å². The zero-order valence-electron chi connectivity index (χ0n) is 16.2. The van der Waals surface area contributed by atoms with E-state index in [-0.39, 0.29) is 17.1 Å². The zero-order chi connectivity index (χ0) is 19.0. The number of hydrogen-bond acceptors (Lipinski definition) is 5. The molecule has 0 spiro atoms. The Morgan fingerprint density at radius 1 is 1.24 bits per heavy atom. The number of carboxylic acids is 1. The van der Waals surface area contributed by atoms with E-state index in [0.717, 1.165) is 25.9 Å². The summed E-state index contributed by atoms with van der Waals surface area (Å²) in [6, 6.07) is 0.191. The van der Waals surface area contributed by atoms with E-state index in [1.165, 1.54) is 0 Å². The Kier molecular flexibility index (Phi) is 5.52. The lowest BCUT2D eigenvalue weighted by Crippen LogP contribution is -2.81. The number of aliphatic carboxylic acids is 1. The Labute approximate surface area is 150 Å². The lowest BCUT2D eigenvalue weighted by Gasteiger charge is -2.59. The monoisotopic (exact) mass is 355 g/mol. The van der Waals surface area contributed by atoms with Crippen molar-refractivity contribution < 1.29 is 24.3 Å². The van der Waals surface area contributed by atoms with Crippen molar-refractivity contribution in [1.29, 1.82) is 0 Å². The van der Waals surface area contributed by atoms with Crippen molar-refractivity contribution in [3.8, 4) is 0 Å². The highest BCUT2D eigenvalue weighted by Gasteiger charge is 2.59. The predicted octanol–water partition coefficient (Wildman–Crippen LogP) is 0.588. The average molecular weight is 355 g/mol. The Bertz CT molecular complexity index is 525. The topological polar surface area (TPSA) is 83.9 Å². The predicted molar refractivity (Wildman–Crippen MR) is 93.0 cm³/mol. The van der Waals surface area contributed by atoms with Gasteiger partial charge in [0.25, 0.3) is 6.09 Å². The Morgan fingerprint density at radius 2 is 1.80 bits per heavy atom. The summed E-state index contributed by atoms with van der Waals surface area (Å²) in [6.45, 7) is 10.2. The molecule has 1 amide bonds. The maximum atomic E-state index is 12.4. The molecule has 0 saturated carbocycles. The van der Waals surface area contributed by atoms with Crippen LogP contribution in [0.1, 0.15) is 47.0 Å². The Morgan fingerprint density at radius 3 is 2.20 bits per heavy atom. The molecule has 2 rings (SSSR count). The van der Waals surface area contributed by atoms with E-state index >= 15 is 0 Å². The van der Waals surface area contributed by atoms with E-state index in [0.29, 0.717) is 19.5 Å². The van der Waals surface area contributed by atoms with Gasteiger partial charge in [0.15, 0.2) is 5.54 Å². The minimum Gasteiger partial charge on any atom is -0.498 e. The molecule has 25 heavy (non-hydrogen) atoms. The third-order valence-corrected chi connectivity index (χ3v) is 6.55. The third-order valence-electron chi connectivity index (χ3n) is 6.55. The van der Waals surface area contributed by atoms with Gasteiger partial charge in [0.05, 0.1) is 12.1 Å². The fourth-order valence-electron chi connectivity index (χ4n) is 4.61. The van der Waals surface area contributed by atoms with E-state index in [2.05, 4.69) is 16.8 Å². The fourth-order valence-corrected chi connectivity index (χ4v) is 4.61. The summed E-state index contributed by atoms with van der Waals surface area (Å²) >= 11 is 0. The molecule has 0 aliphatic carbocycles. The van der Waals surface area contributed by atoms with Gasteiger partial charge in [-0.3, -0.25) is 9.38 Å². The fraction of sp³-hybridized carbons (Fsp3) is 0.889. The molecule has 7 heteroatoms. The molecule has 2 saturated heterocycles. The zero-order valence-corrected chi connectivity index (χ0v) is 16.2. The second kappa shape index (κ2) is 6.85. The Hall–Kier alpha value is -1.18. The van der Waals surface area contributed by atoms with Crippen LogP contribution in [0.15, 0.2) is 0 Å². The van der Waals surface area contributed by atoms with E-state index in [9.17, 15) is 19.8 Å². The minimum atomic E-state index is -1.17. The molecule has 0 bridgehead atoms. The summed E-state index contributed by atoms with van der Waals surface area (Å²) in [7, 11) is 2.08. The average Bonchev–Trinajstić information content (AvgIpc) is 2.53. The van der Waals surface area contributed by atoms with Gasteiger partial charge in [-0.25, -0.2) is 4.79 Å². The van der Waals surface area contributed by atoms with E-state index in [1.54, 1.807) is 0 Å². The smallest absolute Gasteiger partial charge is 0.330 e. The van der Waals surface area contributed by atoms with Crippen LogP contribution in [-0.4, -0.2) is 88.3 Å². The first-order chi connectivity index (χ1) is 11.5. The van der Waals surface area contributed by atoms with E-state index in [4.69, 9.17) is 0 Å². The lowest BCUT2D eigenvalue weighted by atomic mass is 9.83. The molecular weight excluding hydrogens is 322 g/mol. The first kappa shape index (κ1) is 20.1. The maximum Gasteiger partial charge on any atom is 0.330 e. The lowest BCUT2D eigenvalue weighted by molar-refractivity contribution is -0.928. The minimum absolute atomic E-state index is 0.0526. The number of carbonyl (C=O) groups is 2. The van der Waals surface area contributed by atoms with E-state index in [1.807, 2.05) is 27.7 Å². The highest BCUT2D eigenvalue weighted by molar-refractivity contribution is 5.79. The van der Waals surface area contributed by atoms with Gasteiger partial charge in [0.2, 0.25) is 0 Å². The van der Waals surface area contributed by atoms with Gasteiger partial charge in [0, 0.05) is 12.6 Å². The quantitative estimate of drug-likeness (QED) is 0.746. The summed E-state index contributed by atoms with van der Waals surface area (Å²) in [6.07, 6.45) is 1.06. The second-order valence-electron chi connectivity index (χ2n) is 8.70. The third kappa shape index (κ3) is 3.29. The van der Waals surface area contributed by atoms with Crippen molar-refractivity contribution in [1.82, 2.24) is 9.80 Å². The number of likely N-dealkylation sites (tertiary alicyclic amines) is 1. The summed E-state index contributed by atoms with van der Waals surface area (Å²) in [4.78, 5) is 28.9. The molecule has 2 heterocycles. The summed E-state index contributed by atoms with van der Waals surface area (Å²) < 4.78 is -0.309. The molecule has 2 aliphatic rings. The molecule has 0 radical (unpaired) electrons. The number of nitrogens with zero attached hydrogens (tertiary/aromatic N) is 3. The molecule has 1 N–H and O–H groups in total. The second-order valence-corrected chi connectivity index (χ2v) is 8.70. The van der Waals surface area contributed by atoms with Crippen LogP contribution < -0.4 is 5.11 Å². The van der Waals surface area contributed by atoms with Crippen LogP contribution in [0.2, 0.25) is 0 Å². The number of amides is 1. The van der Waals surface area contributed by atoms with Crippen LogP contribution in [0.4, 0.5) is 4.79 Å². The molecule has 0 aromatic carbocycles. The van der Waals surface area contributed by atoms with Crippen molar-refractivity contribution in [2.75, 3.05) is 39.8 Å². The molecule has 0 aromatic rings. The molecular formula is C18H33N3O4. The van der Waals surface area contributed by atoms with Crippen LogP contribution >= 0.6 is 0 Å². The molecule has 7 nitrogen and oxygen atoms in total. The highest BCUT2D eigenvalue weighted by atomic mass is 16.4. The molecule has 2 fully saturated rings. The van der Waals surface area contributed by atoms with Crippen molar-refractivity contribution in [3.05, 3.63) is 0 Å². The molecule has 144 valence electrons. The van der Waals surface area contributed by atoms with Gasteiger partial charge >= 0.3 is 5.97 Å². The van der Waals surface area contributed by atoms with Crippen LogP contribution in [0.25, 0.3) is 0 Å². The van der Waals surface area contributed by atoms with Gasteiger partial charge in [-0.1, -0.05) is 6.92 Å². The van der Waals surface area contributed by atoms with Crippen LogP contribution in [0.5, 0.6) is 0 Å². The van der Waals surface area contributed by atoms with Gasteiger partial charge in [0.1, 0.15) is 6.54 Å². The number of hydrogen-bond donors (Lipinski definition) is 1. The Balaban J connectivity index is 2.42. The maximum absolute atomic E-state index is 12.4. The van der Waals surface area contributed by atoms with Crippen LogP contribution in [0.3, 0.4) is 0 Å². The van der Waals surface area contributed by atoms with Crippen molar-refractivity contribution in [3.63, 3.8) is 0 Å². The van der Waals surface area contributed by atoms with Crippen molar-refractivity contribution >= 4 is 12.1 Å². The number of carboxylic acid groups (broad SMARTS) is 2. The number of carbonyl (C=O) groups excluding carboxylic acids is 1. The summed E-state index contributed by atoms with van der Waals surface area (Å²) in [5, 5.41) is 22.3. The largest absolute Gasteiger partial charge is 0.498 e. The number of rotatable bonds is 3. The molecule has 2 aliphatic heterocycles. The van der Waals surface area contributed by atoms with Gasteiger partial charge in [-0.15, -0.1) is 0 Å². The molecule has 1 unspecified atom stereocenters. The van der Waals surface area contributed by atoms with Gasteiger partial charge < -0.3 is 19.9 Å². The normalized spacial score (nSPS) is 33.3. The first-order valence-corrected chi connectivity index (χ1v) is 9.27. The van der Waals surface area contributed by atoms with Crippen molar-refractivity contribution in [2.24, 2.45) is 0 Å². The summed E-state index contributed by atoms with van der Waals surface area (Å²) in [5.41, 5.74) is -1.78. The molecule has 2 atom stereocenters. The number of piperidine rings is 1. The number of quaternary nitrogens is 1. The standard InChI is InChI=1S/C18H33N3O4/c1-6-18(15(22)23)13-21(16(24)25,17(2,3)4)12-11-20(18)14-7-9-19(5)10-8-14/h14H,6-13H2,1-5H3,(H-,22,23,24,25)/t18?,21-/m1/s1. The van der Waals surface area contributed by atoms with Crippen LogP contribution in [-0.2, 0) is 4.79 Å². The SMILES string of the molecule is CCC1(C(=O)O)C[N@+](C(=O)[O-])(C(C)(C)C)CCN1C1CCN(C)CC1. The van der Waals surface area contributed by atoms with Gasteiger partial charge in [-0.05, 0) is 60.2 Å². The number of piperazine rings is 1. The molecule has 0 aromatic heterocycles. The first-order valence-electron chi connectivity index (χ1n) is 9.27. The van der Waals surface area contributed by atoms with E-state index < -0.39 is 23.1 Å². The van der Waals surface area contributed by atoms with Crippen molar-refractivity contribution in [2.45, 2.75) is 64.1 Å². The van der Waals surface area contributed by atoms with Crippen LogP contribution in [0, 0.1) is 0 Å².